The first-order chi connectivity index (χ1) is 15.0. The molecule has 0 unspecified atom stereocenters. The second-order valence-electron chi connectivity index (χ2n) is 6.79. The molecule has 0 aliphatic carbocycles. The van der Waals surface area contributed by atoms with Gasteiger partial charge in [0.2, 0.25) is 0 Å². The van der Waals surface area contributed by atoms with E-state index in [2.05, 4.69) is 0 Å². The van der Waals surface area contributed by atoms with Gasteiger partial charge in [-0.15, -0.1) is 0 Å². The van der Waals surface area contributed by atoms with Crippen LogP contribution >= 0.6 is 0 Å². The Morgan fingerprint density at radius 1 is 0.839 bits per heavy atom. The van der Waals surface area contributed by atoms with Crippen molar-refractivity contribution >= 4 is 20.8 Å². The molecule has 0 amide bonds. The van der Waals surface area contributed by atoms with Crippen LogP contribution in [0.25, 0.3) is 6.08 Å². The molecule has 0 aliphatic rings. The molecule has 0 saturated heterocycles. The number of methoxy groups -OCH3 is 2. The molecule has 0 fully saturated rings. The van der Waals surface area contributed by atoms with Gasteiger partial charge in [0, 0.05) is 38.0 Å². The van der Waals surface area contributed by atoms with E-state index in [1.165, 1.54) is 6.08 Å². The maximum absolute atomic E-state index is 11.9. The number of rotatable bonds is 17. The van der Waals surface area contributed by atoms with Crippen molar-refractivity contribution in [3.63, 3.8) is 0 Å². The molecule has 31 heavy (non-hydrogen) atoms. The van der Waals surface area contributed by atoms with Crippen molar-refractivity contribution in [1.29, 1.82) is 0 Å². The minimum absolute atomic E-state index is 0.364. The summed E-state index contributed by atoms with van der Waals surface area (Å²) in [5.41, 5.74) is 0.804. The molecule has 1 aromatic carbocycles. The fourth-order valence-corrected chi connectivity index (χ4v) is 5.79. The number of carbonyl (C=O) groups is 1. The Bertz CT molecular complexity index is 624. The quantitative estimate of drug-likeness (QED) is 0.144. The first kappa shape index (κ1) is 27.2. The van der Waals surface area contributed by atoms with Crippen LogP contribution in [0.5, 0.6) is 11.5 Å². The van der Waals surface area contributed by atoms with Crippen LogP contribution in [0.15, 0.2) is 24.3 Å². The van der Waals surface area contributed by atoms with E-state index in [1.54, 1.807) is 26.4 Å². The number of esters is 1. The molecule has 0 heterocycles. The minimum atomic E-state index is -2.55. The van der Waals surface area contributed by atoms with Gasteiger partial charge in [-0.2, -0.15) is 0 Å². The fourth-order valence-electron chi connectivity index (χ4n) is 3.11. The van der Waals surface area contributed by atoms with E-state index in [4.69, 9.17) is 27.5 Å². The number of benzene rings is 1. The van der Waals surface area contributed by atoms with E-state index in [0.717, 1.165) is 37.3 Å². The third-order valence-corrected chi connectivity index (χ3v) is 7.65. The standard InChI is InChI=1S/C23H38O7Si/c1-6-28-31(29-7-2,30-8-3)16-12-10-9-11-15-27-23(24)14-13-20-17-21(25-4)19-22(18-20)26-5/h13-14,17-19H,6-12,15-16H2,1-5H3/b14-13+. The lowest BCUT2D eigenvalue weighted by Crippen LogP contribution is -2.45. The Morgan fingerprint density at radius 3 is 1.90 bits per heavy atom. The Balaban J connectivity index is 2.32. The molecule has 176 valence electrons. The number of hydrogen-bond donors (Lipinski definition) is 0. The highest BCUT2D eigenvalue weighted by Crippen LogP contribution is 2.23. The Morgan fingerprint density at radius 2 is 1.39 bits per heavy atom. The zero-order valence-corrected chi connectivity index (χ0v) is 20.6. The molecule has 1 aromatic rings. The highest BCUT2D eigenvalue weighted by molar-refractivity contribution is 6.60. The largest absolute Gasteiger partial charge is 0.500 e. The van der Waals surface area contributed by atoms with E-state index < -0.39 is 8.80 Å². The van der Waals surface area contributed by atoms with Crippen molar-refractivity contribution < 1.29 is 32.3 Å². The molecule has 7 nitrogen and oxygen atoms in total. The van der Waals surface area contributed by atoms with Crippen molar-refractivity contribution in [1.82, 2.24) is 0 Å². The predicted octanol–water partition coefficient (Wildman–Crippen LogP) is 4.87. The van der Waals surface area contributed by atoms with Gasteiger partial charge in [0.15, 0.2) is 0 Å². The summed E-state index contributed by atoms with van der Waals surface area (Å²) >= 11 is 0. The van der Waals surface area contributed by atoms with Crippen molar-refractivity contribution in [2.45, 2.75) is 52.5 Å². The molecule has 0 saturated carbocycles. The summed E-state index contributed by atoms with van der Waals surface area (Å²) in [7, 11) is 0.622. The Hall–Kier alpha value is -1.87. The average molecular weight is 455 g/mol. The van der Waals surface area contributed by atoms with Gasteiger partial charge in [0.25, 0.3) is 0 Å². The summed E-state index contributed by atoms with van der Waals surface area (Å²) in [5.74, 6) is 0.965. The van der Waals surface area contributed by atoms with Crippen LogP contribution in [-0.4, -0.2) is 55.4 Å². The molecule has 0 N–H and O–H groups in total. The monoisotopic (exact) mass is 454 g/mol. The normalized spacial score (nSPS) is 11.6. The van der Waals surface area contributed by atoms with Gasteiger partial charge in [-0.3, -0.25) is 0 Å². The second kappa shape index (κ2) is 15.9. The van der Waals surface area contributed by atoms with Gasteiger partial charge >= 0.3 is 14.8 Å². The third-order valence-electron chi connectivity index (χ3n) is 4.50. The van der Waals surface area contributed by atoms with Crippen LogP contribution in [0.4, 0.5) is 0 Å². The number of carbonyl (C=O) groups excluding carboxylic acids is 1. The van der Waals surface area contributed by atoms with Crippen LogP contribution in [0.3, 0.4) is 0 Å². The van der Waals surface area contributed by atoms with Crippen LogP contribution < -0.4 is 9.47 Å². The summed E-state index contributed by atoms with van der Waals surface area (Å²) in [6, 6.07) is 6.24. The highest BCUT2D eigenvalue weighted by atomic mass is 28.4. The van der Waals surface area contributed by atoms with E-state index in [0.29, 0.717) is 37.9 Å². The summed E-state index contributed by atoms with van der Waals surface area (Å²) < 4.78 is 33.3. The number of ether oxygens (including phenoxy) is 3. The van der Waals surface area contributed by atoms with E-state index in [9.17, 15) is 4.79 Å². The second-order valence-corrected chi connectivity index (χ2v) is 9.53. The first-order valence-corrected chi connectivity index (χ1v) is 12.9. The molecule has 0 bridgehead atoms. The topological polar surface area (TPSA) is 72.5 Å². The van der Waals surface area contributed by atoms with Gasteiger partial charge in [0.1, 0.15) is 11.5 Å². The van der Waals surface area contributed by atoms with Crippen LogP contribution in [0, 0.1) is 0 Å². The average Bonchev–Trinajstić information content (AvgIpc) is 2.77. The van der Waals surface area contributed by atoms with E-state index in [1.807, 2.05) is 32.9 Å². The highest BCUT2D eigenvalue weighted by Gasteiger charge is 2.39. The summed E-state index contributed by atoms with van der Waals surface area (Å²) in [5, 5.41) is 0. The van der Waals surface area contributed by atoms with Crippen molar-refractivity contribution in [2.75, 3.05) is 40.6 Å². The maximum atomic E-state index is 11.9. The SMILES string of the molecule is CCO[Si](CCCCCCOC(=O)/C=C/c1cc(OC)cc(OC)c1)(OCC)OCC. The van der Waals surface area contributed by atoms with Gasteiger partial charge in [-0.1, -0.05) is 12.8 Å². The van der Waals surface area contributed by atoms with Crippen molar-refractivity contribution in [3.05, 3.63) is 29.8 Å². The molecule has 0 spiro atoms. The van der Waals surface area contributed by atoms with Gasteiger partial charge < -0.3 is 27.5 Å². The molecule has 0 aromatic heterocycles. The predicted molar refractivity (Wildman–Crippen MR) is 123 cm³/mol. The van der Waals surface area contributed by atoms with Crippen LogP contribution in [0.2, 0.25) is 6.04 Å². The zero-order valence-electron chi connectivity index (χ0n) is 19.6. The number of unbranched alkanes of at least 4 members (excludes halogenated alkanes) is 3. The van der Waals surface area contributed by atoms with Gasteiger partial charge in [-0.25, -0.2) is 4.79 Å². The van der Waals surface area contributed by atoms with Gasteiger partial charge in [-0.05, 0) is 57.4 Å². The number of hydrogen-bond acceptors (Lipinski definition) is 7. The zero-order chi connectivity index (χ0) is 23.0. The molecule has 1 rings (SSSR count). The minimum Gasteiger partial charge on any atom is -0.497 e. The first-order valence-electron chi connectivity index (χ1n) is 11.0. The smallest absolute Gasteiger partial charge is 0.497 e. The Labute approximate surface area is 188 Å². The van der Waals surface area contributed by atoms with E-state index >= 15 is 0 Å². The van der Waals surface area contributed by atoms with E-state index in [-0.39, 0.29) is 5.97 Å². The summed E-state index contributed by atoms with van der Waals surface area (Å²) in [6.45, 7) is 8.08. The van der Waals surface area contributed by atoms with Crippen molar-refractivity contribution in [3.8, 4) is 11.5 Å². The third kappa shape index (κ3) is 10.8. The summed E-state index contributed by atoms with van der Waals surface area (Å²) in [6.07, 6.45) is 6.88. The summed E-state index contributed by atoms with van der Waals surface area (Å²) in [4.78, 5) is 11.9. The maximum Gasteiger partial charge on any atom is 0.500 e. The molecule has 0 radical (unpaired) electrons. The molecular weight excluding hydrogens is 416 g/mol. The van der Waals surface area contributed by atoms with Gasteiger partial charge in [0.05, 0.1) is 20.8 Å². The molecule has 0 aliphatic heterocycles. The van der Waals surface area contributed by atoms with Crippen LogP contribution in [0.1, 0.15) is 52.0 Å². The van der Waals surface area contributed by atoms with Crippen LogP contribution in [-0.2, 0) is 22.8 Å². The molecular formula is C23H38O7Si. The molecule has 0 atom stereocenters. The molecule has 8 heteroatoms. The lowest BCUT2D eigenvalue weighted by molar-refractivity contribution is -0.137. The Kier molecular flexibility index (Phi) is 13.9. The lowest BCUT2D eigenvalue weighted by Gasteiger charge is -2.28. The fraction of sp³-hybridized carbons (Fsp3) is 0.609. The lowest BCUT2D eigenvalue weighted by atomic mass is 10.2. The van der Waals surface area contributed by atoms with Crippen molar-refractivity contribution in [2.24, 2.45) is 0 Å².